The Morgan fingerprint density at radius 3 is 2.56 bits per heavy atom. The molecule has 0 aromatic heterocycles. The highest BCUT2D eigenvalue weighted by molar-refractivity contribution is 6.05. The van der Waals surface area contributed by atoms with Crippen LogP contribution < -0.4 is 5.32 Å². The third-order valence-corrected chi connectivity index (χ3v) is 6.53. The van der Waals surface area contributed by atoms with Crippen LogP contribution >= 0.6 is 0 Å². The lowest BCUT2D eigenvalue weighted by Gasteiger charge is -2.41. The molecule has 0 saturated carbocycles. The van der Waals surface area contributed by atoms with E-state index in [-0.39, 0.29) is 22.8 Å². The van der Waals surface area contributed by atoms with Gasteiger partial charge in [-0.3, -0.25) is 19.7 Å². The minimum Gasteiger partial charge on any atom is -0.378 e. The second-order valence-corrected chi connectivity index (χ2v) is 9.64. The van der Waals surface area contributed by atoms with Gasteiger partial charge in [0.05, 0.1) is 18.1 Å². The number of nitro groups is 1. The number of Topliss-reactive ketones (excluding diaryl/α,β-unsaturated/α-hetero) is 1. The van der Waals surface area contributed by atoms with Crippen LogP contribution in [0.25, 0.3) is 0 Å². The number of carbonyl (C=O) groups excluding carboxylic acids is 2. The van der Waals surface area contributed by atoms with Crippen LogP contribution in [-0.2, 0) is 14.3 Å². The van der Waals surface area contributed by atoms with E-state index in [0.717, 1.165) is 5.70 Å². The van der Waals surface area contributed by atoms with Crippen molar-refractivity contribution in [2.24, 2.45) is 5.41 Å². The molecule has 1 amide bonds. The van der Waals surface area contributed by atoms with Crippen molar-refractivity contribution < 1.29 is 19.2 Å². The number of nitro benzene ring substituents is 1. The molecule has 0 bridgehead atoms. The maximum Gasteiger partial charge on any atom is 0.272 e. The number of allylic oxidation sites excluding steroid dienone is 3. The second-order valence-electron chi connectivity index (χ2n) is 9.64. The zero-order chi connectivity index (χ0) is 23.2. The molecule has 0 radical (unpaired) electrons. The Balaban J connectivity index is 1.88. The number of hydrogen-bond acceptors (Lipinski definition) is 6. The van der Waals surface area contributed by atoms with Gasteiger partial charge in [-0.1, -0.05) is 26.0 Å². The predicted octanol–water partition coefficient (Wildman–Crippen LogP) is 3.37. The fourth-order valence-corrected chi connectivity index (χ4v) is 4.99. The average molecular weight is 440 g/mol. The number of amides is 1. The van der Waals surface area contributed by atoms with Crippen LogP contribution in [0.15, 0.2) is 40.7 Å². The summed E-state index contributed by atoms with van der Waals surface area (Å²) in [6.45, 7) is 9.52. The molecule has 4 rings (SSSR count). The van der Waals surface area contributed by atoms with E-state index in [9.17, 15) is 19.7 Å². The number of dihydropyridines is 1. The topological polar surface area (TPSA) is 102 Å². The van der Waals surface area contributed by atoms with Crippen molar-refractivity contribution in [2.45, 2.75) is 46.5 Å². The van der Waals surface area contributed by atoms with E-state index < -0.39 is 10.8 Å². The summed E-state index contributed by atoms with van der Waals surface area (Å²) in [5.41, 5.74) is 3.48. The zero-order valence-corrected chi connectivity index (χ0v) is 19.0. The first kappa shape index (κ1) is 22.2. The van der Waals surface area contributed by atoms with Crippen LogP contribution in [0, 0.1) is 22.5 Å². The Morgan fingerprint density at radius 2 is 1.91 bits per heavy atom. The number of hydrogen-bond donors (Lipinski definition) is 1. The molecule has 1 aromatic carbocycles. The first-order valence-corrected chi connectivity index (χ1v) is 10.9. The SMILES string of the molecule is CC1=C(C(=O)N2CCOCC2)[C@@H](c2ccc(C)c([N+](=O)[O-])c2)C2=C(CC(C)(C)CC2=O)N1. The Kier molecular flexibility index (Phi) is 5.67. The first-order valence-electron chi connectivity index (χ1n) is 10.9. The molecule has 0 unspecified atom stereocenters. The molecule has 1 N–H and O–H groups in total. The predicted molar refractivity (Wildman–Crippen MR) is 119 cm³/mol. The van der Waals surface area contributed by atoms with Crippen molar-refractivity contribution in [1.82, 2.24) is 10.2 Å². The van der Waals surface area contributed by atoms with Gasteiger partial charge in [0.1, 0.15) is 0 Å². The van der Waals surface area contributed by atoms with Crippen molar-refractivity contribution in [3.63, 3.8) is 0 Å². The second kappa shape index (κ2) is 8.16. The van der Waals surface area contributed by atoms with Gasteiger partial charge in [-0.05, 0) is 31.2 Å². The van der Waals surface area contributed by atoms with Gasteiger partial charge in [0.15, 0.2) is 5.78 Å². The molecule has 170 valence electrons. The maximum absolute atomic E-state index is 13.6. The molecule has 1 saturated heterocycles. The molecule has 2 heterocycles. The summed E-state index contributed by atoms with van der Waals surface area (Å²) in [6, 6.07) is 5.01. The number of nitrogens with zero attached hydrogens (tertiary/aromatic N) is 2. The van der Waals surface area contributed by atoms with Crippen LogP contribution in [-0.4, -0.2) is 47.8 Å². The van der Waals surface area contributed by atoms with Gasteiger partial charge in [-0.2, -0.15) is 0 Å². The van der Waals surface area contributed by atoms with Crippen LogP contribution in [0.3, 0.4) is 0 Å². The summed E-state index contributed by atoms with van der Waals surface area (Å²) in [5, 5.41) is 15.0. The summed E-state index contributed by atoms with van der Waals surface area (Å²) in [7, 11) is 0. The van der Waals surface area contributed by atoms with Gasteiger partial charge in [-0.25, -0.2) is 0 Å². The molecule has 2 aliphatic heterocycles. The van der Waals surface area contributed by atoms with Gasteiger partial charge in [0, 0.05) is 59.6 Å². The van der Waals surface area contributed by atoms with Crippen molar-refractivity contribution in [2.75, 3.05) is 26.3 Å². The van der Waals surface area contributed by atoms with Gasteiger partial charge in [-0.15, -0.1) is 0 Å². The molecule has 0 spiro atoms. The van der Waals surface area contributed by atoms with E-state index in [1.165, 1.54) is 6.07 Å². The largest absolute Gasteiger partial charge is 0.378 e. The third kappa shape index (κ3) is 3.95. The first-order chi connectivity index (χ1) is 15.1. The van der Waals surface area contributed by atoms with Crippen molar-refractivity contribution in [1.29, 1.82) is 0 Å². The van der Waals surface area contributed by atoms with E-state index in [4.69, 9.17) is 4.74 Å². The normalized spacial score (nSPS) is 23.1. The fraction of sp³-hybridized carbons (Fsp3) is 0.500. The lowest BCUT2D eigenvalue weighted by molar-refractivity contribution is -0.385. The lowest BCUT2D eigenvalue weighted by Crippen LogP contribution is -2.45. The number of rotatable bonds is 3. The Bertz CT molecular complexity index is 1060. The smallest absolute Gasteiger partial charge is 0.272 e. The molecule has 3 aliphatic rings. The van der Waals surface area contributed by atoms with Gasteiger partial charge >= 0.3 is 0 Å². The molecular weight excluding hydrogens is 410 g/mol. The quantitative estimate of drug-likeness (QED) is 0.572. The minimum atomic E-state index is -0.635. The lowest BCUT2D eigenvalue weighted by atomic mass is 9.68. The number of morpholine rings is 1. The van der Waals surface area contributed by atoms with Gasteiger partial charge < -0.3 is 15.0 Å². The average Bonchev–Trinajstić information content (AvgIpc) is 2.72. The van der Waals surface area contributed by atoms with E-state index in [2.05, 4.69) is 19.2 Å². The molecule has 1 aliphatic carbocycles. The van der Waals surface area contributed by atoms with Gasteiger partial charge in [0.25, 0.3) is 11.6 Å². The summed E-state index contributed by atoms with van der Waals surface area (Å²) < 4.78 is 5.39. The van der Waals surface area contributed by atoms with E-state index in [0.29, 0.717) is 67.1 Å². The van der Waals surface area contributed by atoms with Gasteiger partial charge in [0.2, 0.25) is 0 Å². The highest BCUT2D eigenvalue weighted by atomic mass is 16.6. The molecule has 32 heavy (non-hydrogen) atoms. The van der Waals surface area contributed by atoms with Crippen LogP contribution in [0.4, 0.5) is 5.69 Å². The highest BCUT2D eigenvalue weighted by Gasteiger charge is 2.44. The summed E-state index contributed by atoms with van der Waals surface area (Å²) in [4.78, 5) is 40.0. The Hall–Kier alpha value is -3.00. The van der Waals surface area contributed by atoms with E-state index in [1.54, 1.807) is 24.0 Å². The number of benzene rings is 1. The van der Waals surface area contributed by atoms with Crippen molar-refractivity contribution >= 4 is 17.4 Å². The molecule has 8 heteroatoms. The van der Waals surface area contributed by atoms with Crippen molar-refractivity contribution in [3.8, 4) is 0 Å². The number of ether oxygens (including phenoxy) is 1. The summed E-state index contributed by atoms with van der Waals surface area (Å²) >= 11 is 0. The third-order valence-electron chi connectivity index (χ3n) is 6.53. The monoisotopic (exact) mass is 439 g/mol. The van der Waals surface area contributed by atoms with Crippen molar-refractivity contribution in [3.05, 3.63) is 62.0 Å². The number of nitrogens with one attached hydrogen (secondary N) is 1. The Labute approximate surface area is 187 Å². The molecule has 1 aromatic rings. The molecular formula is C24H29N3O5. The fourth-order valence-electron chi connectivity index (χ4n) is 4.99. The van der Waals surface area contributed by atoms with Crippen LogP contribution in [0.1, 0.15) is 50.7 Å². The van der Waals surface area contributed by atoms with E-state index in [1.807, 2.05) is 6.92 Å². The number of aryl methyl sites for hydroxylation is 1. The molecule has 1 atom stereocenters. The summed E-state index contributed by atoms with van der Waals surface area (Å²) in [6.07, 6.45) is 1.05. The minimum absolute atomic E-state index is 0.0115. The van der Waals surface area contributed by atoms with Crippen LogP contribution in [0.2, 0.25) is 0 Å². The zero-order valence-electron chi connectivity index (χ0n) is 19.0. The summed E-state index contributed by atoms with van der Waals surface area (Å²) in [5.74, 6) is -0.808. The molecule has 8 nitrogen and oxygen atoms in total. The standard InChI is InChI=1S/C24H29N3O5/c1-14-5-6-16(11-18(14)27(30)31)21-20(23(29)26-7-9-32-10-8-26)15(2)25-17-12-24(3,4)13-19(28)22(17)21/h5-6,11,21,25H,7-10,12-13H2,1-4H3/t21-/m1/s1. The highest BCUT2D eigenvalue weighted by Crippen LogP contribution is 2.47. The van der Waals surface area contributed by atoms with E-state index >= 15 is 0 Å². The number of carbonyl (C=O) groups is 2. The maximum atomic E-state index is 13.6. The molecule has 1 fully saturated rings. The number of ketones is 1. The Morgan fingerprint density at radius 1 is 1.22 bits per heavy atom. The van der Waals surface area contributed by atoms with Crippen LogP contribution in [0.5, 0.6) is 0 Å².